The lowest BCUT2D eigenvalue weighted by atomic mass is 10.1. The van der Waals surface area contributed by atoms with Crippen LogP contribution in [0.4, 0.5) is 0 Å². The van der Waals surface area contributed by atoms with Gasteiger partial charge in [0.25, 0.3) is 0 Å². The van der Waals surface area contributed by atoms with E-state index in [9.17, 15) is 4.79 Å². The van der Waals surface area contributed by atoms with Gasteiger partial charge in [-0.05, 0) is 69.1 Å². The Bertz CT molecular complexity index is 635. The molecule has 0 aromatic heterocycles. The summed E-state index contributed by atoms with van der Waals surface area (Å²) in [6, 6.07) is 7.62. The number of carbonyl (C=O) groups is 1. The van der Waals surface area contributed by atoms with E-state index >= 15 is 0 Å². The highest BCUT2D eigenvalue weighted by Gasteiger charge is 2.04. The molecule has 1 aromatic rings. The largest absolute Gasteiger partial charge is 0.427 e. The van der Waals surface area contributed by atoms with Crippen LogP contribution in [0.25, 0.3) is 0 Å². The molecule has 0 radical (unpaired) electrons. The fourth-order valence-corrected chi connectivity index (χ4v) is 2.86. The lowest BCUT2D eigenvalue weighted by molar-refractivity contribution is -0.134. The van der Waals surface area contributed by atoms with E-state index in [1.165, 1.54) is 31.2 Å². The van der Waals surface area contributed by atoms with E-state index in [-0.39, 0.29) is 5.97 Å². The second-order valence-corrected chi connectivity index (χ2v) is 7.24. The van der Waals surface area contributed by atoms with Crippen LogP contribution in [0.3, 0.4) is 0 Å². The fraction of sp³-hybridized carbons (Fsp3) is 0.444. The SMILES string of the molecule is C=CCc1ccc(OC(=O)CCCC/C=C\C/C=C\C/C=C\CCCCC)cc1. The van der Waals surface area contributed by atoms with Gasteiger partial charge in [-0.2, -0.15) is 0 Å². The first-order valence-corrected chi connectivity index (χ1v) is 11.1. The minimum atomic E-state index is -0.156. The predicted octanol–water partition coefficient (Wildman–Crippen LogP) is 7.91. The lowest BCUT2D eigenvalue weighted by Gasteiger charge is -2.05. The average molecular weight is 395 g/mol. The highest BCUT2D eigenvalue weighted by atomic mass is 16.5. The summed E-state index contributed by atoms with van der Waals surface area (Å²) in [5.74, 6) is 0.460. The molecule has 2 nitrogen and oxygen atoms in total. The maximum Gasteiger partial charge on any atom is 0.311 e. The molecule has 0 bridgehead atoms. The van der Waals surface area contributed by atoms with Crippen molar-refractivity contribution in [2.45, 2.75) is 77.6 Å². The van der Waals surface area contributed by atoms with Crippen LogP contribution in [0.15, 0.2) is 73.4 Å². The van der Waals surface area contributed by atoms with Crippen molar-refractivity contribution in [2.75, 3.05) is 0 Å². The van der Waals surface area contributed by atoms with Crippen molar-refractivity contribution in [3.63, 3.8) is 0 Å². The van der Waals surface area contributed by atoms with E-state index in [1.54, 1.807) is 0 Å². The molecular formula is C27H38O2. The summed E-state index contributed by atoms with van der Waals surface area (Å²) in [4.78, 5) is 11.9. The zero-order valence-electron chi connectivity index (χ0n) is 18.2. The van der Waals surface area contributed by atoms with Crippen LogP contribution in [-0.2, 0) is 11.2 Å². The van der Waals surface area contributed by atoms with E-state index < -0.39 is 0 Å². The molecule has 0 spiro atoms. The van der Waals surface area contributed by atoms with Crippen LogP contribution in [-0.4, -0.2) is 5.97 Å². The molecule has 0 aliphatic heterocycles. The molecule has 29 heavy (non-hydrogen) atoms. The molecule has 158 valence electrons. The molecule has 1 aromatic carbocycles. The Kier molecular flexibility index (Phi) is 15.1. The highest BCUT2D eigenvalue weighted by Crippen LogP contribution is 2.14. The normalized spacial score (nSPS) is 11.6. The highest BCUT2D eigenvalue weighted by molar-refractivity contribution is 5.72. The fourth-order valence-electron chi connectivity index (χ4n) is 2.86. The smallest absolute Gasteiger partial charge is 0.311 e. The van der Waals surface area contributed by atoms with Gasteiger partial charge in [0.2, 0.25) is 0 Å². The van der Waals surface area contributed by atoms with Gasteiger partial charge in [-0.15, -0.1) is 6.58 Å². The number of benzene rings is 1. The third-order valence-electron chi connectivity index (χ3n) is 4.56. The van der Waals surface area contributed by atoms with E-state index in [4.69, 9.17) is 4.74 Å². The van der Waals surface area contributed by atoms with Crippen molar-refractivity contribution in [3.05, 3.63) is 78.9 Å². The Morgan fingerprint density at radius 1 is 0.862 bits per heavy atom. The summed E-state index contributed by atoms with van der Waals surface area (Å²) in [6.07, 6.45) is 26.5. The van der Waals surface area contributed by atoms with Gasteiger partial charge < -0.3 is 4.74 Å². The first-order chi connectivity index (χ1) is 14.3. The van der Waals surface area contributed by atoms with Crippen LogP contribution >= 0.6 is 0 Å². The Morgan fingerprint density at radius 2 is 1.45 bits per heavy atom. The van der Waals surface area contributed by atoms with Crippen molar-refractivity contribution in [2.24, 2.45) is 0 Å². The Labute approximate surface area is 178 Å². The molecule has 0 saturated carbocycles. The number of unbranched alkanes of at least 4 members (excludes halogenated alkanes) is 5. The number of esters is 1. The number of carbonyl (C=O) groups excluding carboxylic acids is 1. The van der Waals surface area contributed by atoms with Gasteiger partial charge >= 0.3 is 5.97 Å². The molecule has 0 unspecified atom stereocenters. The van der Waals surface area contributed by atoms with Crippen molar-refractivity contribution in [1.82, 2.24) is 0 Å². The van der Waals surface area contributed by atoms with Crippen LogP contribution in [0.1, 0.15) is 76.7 Å². The Balaban J connectivity index is 2.01. The van der Waals surface area contributed by atoms with Gasteiger partial charge in [0, 0.05) is 6.42 Å². The van der Waals surface area contributed by atoms with E-state index in [1.807, 2.05) is 30.3 Å². The first-order valence-electron chi connectivity index (χ1n) is 11.1. The summed E-state index contributed by atoms with van der Waals surface area (Å²) in [7, 11) is 0. The quantitative estimate of drug-likeness (QED) is 0.123. The van der Waals surface area contributed by atoms with E-state index in [2.05, 4.69) is 50.0 Å². The maximum atomic E-state index is 11.9. The average Bonchev–Trinajstić information content (AvgIpc) is 2.72. The van der Waals surface area contributed by atoms with Gasteiger partial charge in [-0.25, -0.2) is 0 Å². The molecule has 0 fully saturated rings. The number of rotatable bonds is 16. The van der Waals surface area contributed by atoms with E-state index in [0.29, 0.717) is 12.2 Å². The molecule has 2 heteroatoms. The second-order valence-electron chi connectivity index (χ2n) is 7.24. The summed E-state index contributed by atoms with van der Waals surface area (Å²) < 4.78 is 5.37. The van der Waals surface area contributed by atoms with Gasteiger partial charge in [0.15, 0.2) is 0 Å². The number of hydrogen-bond acceptors (Lipinski definition) is 2. The lowest BCUT2D eigenvalue weighted by Crippen LogP contribution is -2.07. The van der Waals surface area contributed by atoms with E-state index in [0.717, 1.165) is 38.5 Å². The van der Waals surface area contributed by atoms with Gasteiger partial charge in [-0.3, -0.25) is 4.79 Å². The van der Waals surface area contributed by atoms with Crippen molar-refractivity contribution in [3.8, 4) is 5.75 Å². The predicted molar refractivity (Wildman–Crippen MR) is 125 cm³/mol. The standard InChI is InChI=1S/C27H38O2/c1-3-5-6-7-8-9-10-11-12-13-14-15-16-17-18-20-27(28)29-26-23-21-25(19-4-2)22-24-26/h4,8-9,11-12,14-15,21-24H,2-3,5-7,10,13,16-20H2,1H3/b9-8-,12-11-,15-14-. The van der Waals surface area contributed by atoms with Crippen molar-refractivity contribution >= 4 is 5.97 Å². The van der Waals surface area contributed by atoms with Crippen molar-refractivity contribution in [1.29, 1.82) is 0 Å². The molecule has 0 saturated heterocycles. The molecule has 0 aliphatic carbocycles. The number of hydrogen-bond donors (Lipinski definition) is 0. The summed E-state index contributed by atoms with van der Waals surface area (Å²) in [5.41, 5.74) is 1.17. The van der Waals surface area contributed by atoms with Gasteiger partial charge in [0.05, 0.1) is 0 Å². The first kappa shape index (κ1) is 24.7. The number of ether oxygens (including phenoxy) is 1. The van der Waals surface area contributed by atoms with Crippen LogP contribution < -0.4 is 4.74 Å². The third kappa shape index (κ3) is 14.3. The van der Waals surface area contributed by atoms with Crippen LogP contribution in [0, 0.1) is 0 Å². The molecule has 0 atom stereocenters. The maximum absolute atomic E-state index is 11.9. The topological polar surface area (TPSA) is 26.3 Å². The van der Waals surface area contributed by atoms with Crippen LogP contribution in [0.2, 0.25) is 0 Å². The zero-order chi connectivity index (χ0) is 21.0. The Morgan fingerprint density at radius 3 is 2.03 bits per heavy atom. The molecule has 1 rings (SSSR count). The number of allylic oxidation sites excluding steroid dienone is 7. The molecular weight excluding hydrogens is 356 g/mol. The molecule has 0 amide bonds. The minimum absolute atomic E-state index is 0.156. The monoisotopic (exact) mass is 394 g/mol. The Hall–Kier alpha value is -2.35. The third-order valence-corrected chi connectivity index (χ3v) is 4.56. The van der Waals surface area contributed by atoms with Gasteiger partial charge in [-0.1, -0.05) is 74.4 Å². The summed E-state index contributed by atoms with van der Waals surface area (Å²) in [5, 5.41) is 0. The summed E-state index contributed by atoms with van der Waals surface area (Å²) in [6.45, 7) is 5.96. The van der Waals surface area contributed by atoms with Gasteiger partial charge in [0.1, 0.15) is 5.75 Å². The molecule has 0 N–H and O–H groups in total. The van der Waals surface area contributed by atoms with Crippen molar-refractivity contribution < 1.29 is 9.53 Å². The summed E-state index contributed by atoms with van der Waals surface area (Å²) >= 11 is 0. The zero-order valence-corrected chi connectivity index (χ0v) is 18.2. The minimum Gasteiger partial charge on any atom is -0.427 e. The molecule has 0 heterocycles. The van der Waals surface area contributed by atoms with Crippen LogP contribution in [0.5, 0.6) is 5.75 Å². The second kappa shape index (κ2) is 17.7. The molecule has 0 aliphatic rings.